The van der Waals surface area contributed by atoms with Crippen LogP contribution in [0.1, 0.15) is 18.9 Å². The molecular weight excluding hydrogens is 383 g/mol. The smallest absolute Gasteiger partial charge is 0.430 e. The van der Waals surface area contributed by atoms with Crippen molar-refractivity contribution >= 4 is 17.8 Å². The standard InChI is InChI=1S/C18H22F3NO6/c1-11(14(23)26-2)10-13(15(24)27-3)22-16(25)17(28-4,18(19,20)21)12-8-6-5-7-9-12/h5-9,11,13H,10H2,1-4H3,(H,22,25)/t11-,13+,17-/m0/s1. The lowest BCUT2D eigenvalue weighted by molar-refractivity contribution is -0.266. The number of nitrogens with one attached hydrogen (secondary N) is 1. The van der Waals surface area contributed by atoms with Gasteiger partial charge in [-0.2, -0.15) is 13.2 Å². The predicted molar refractivity (Wildman–Crippen MR) is 90.9 cm³/mol. The first-order valence-corrected chi connectivity index (χ1v) is 8.19. The number of methoxy groups -OCH3 is 3. The summed E-state index contributed by atoms with van der Waals surface area (Å²) in [6.45, 7) is 1.40. The second-order valence-electron chi connectivity index (χ2n) is 5.96. The number of benzene rings is 1. The van der Waals surface area contributed by atoms with Gasteiger partial charge in [-0.1, -0.05) is 37.3 Å². The van der Waals surface area contributed by atoms with Crippen LogP contribution in [0.25, 0.3) is 0 Å². The van der Waals surface area contributed by atoms with Crippen LogP contribution in [0.15, 0.2) is 30.3 Å². The van der Waals surface area contributed by atoms with Gasteiger partial charge in [0.05, 0.1) is 20.1 Å². The Bertz CT molecular complexity index is 694. The van der Waals surface area contributed by atoms with Crippen LogP contribution in [0.5, 0.6) is 0 Å². The third-order valence-corrected chi connectivity index (χ3v) is 4.19. The molecule has 0 heterocycles. The molecule has 1 amide bonds. The van der Waals surface area contributed by atoms with Gasteiger partial charge in [0.2, 0.25) is 0 Å². The van der Waals surface area contributed by atoms with Crippen molar-refractivity contribution in [2.24, 2.45) is 5.92 Å². The second-order valence-corrected chi connectivity index (χ2v) is 5.96. The number of amides is 1. The fourth-order valence-corrected chi connectivity index (χ4v) is 2.69. The summed E-state index contributed by atoms with van der Waals surface area (Å²) in [4.78, 5) is 36.3. The third-order valence-electron chi connectivity index (χ3n) is 4.19. The molecule has 0 bridgehead atoms. The van der Waals surface area contributed by atoms with E-state index in [1.807, 2.05) is 5.32 Å². The molecular formula is C18H22F3NO6. The average Bonchev–Trinajstić information content (AvgIpc) is 2.66. The molecule has 0 saturated carbocycles. The summed E-state index contributed by atoms with van der Waals surface area (Å²) in [5.74, 6) is -4.19. The number of hydrogen-bond acceptors (Lipinski definition) is 6. The highest BCUT2D eigenvalue weighted by Crippen LogP contribution is 2.42. The summed E-state index contributed by atoms with van der Waals surface area (Å²) in [5.41, 5.74) is -3.82. The molecule has 28 heavy (non-hydrogen) atoms. The van der Waals surface area contributed by atoms with E-state index in [-0.39, 0.29) is 6.42 Å². The van der Waals surface area contributed by atoms with E-state index in [0.29, 0.717) is 0 Å². The summed E-state index contributed by atoms with van der Waals surface area (Å²) in [5, 5.41) is 2.01. The Labute approximate surface area is 160 Å². The number of ether oxygens (including phenoxy) is 3. The van der Waals surface area contributed by atoms with Gasteiger partial charge >= 0.3 is 18.1 Å². The van der Waals surface area contributed by atoms with Crippen molar-refractivity contribution < 1.29 is 41.8 Å². The largest absolute Gasteiger partial charge is 0.469 e. The summed E-state index contributed by atoms with van der Waals surface area (Å²) >= 11 is 0. The third kappa shape index (κ3) is 4.80. The van der Waals surface area contributed by atoms with Crippen molar-refractivity contribution in [2.75, 3.05) is 21.3 Å². The molecule has 3 atom stereocenters. The second kappa shape index (κ2) is 9.54. The molecule has 0 aliphatic carbocycles. The maximum Gasteiger partial charge on any atom is 0.430 e. The molecule has 0 aromatic heterocycles. The Balaban J connectivity index is 3.30. The highest BCUT2D eigenvalue weighted by Gasteiger charge is 2.63. The van der Waals surface area contributed by atoms with E-state index in [2.05, 4.69) is 14.2 Å². The lowest BCUT2D eigenvalue weighted by atomic mass is 9.90. The van der Waals surface area contributed by atoms with E-state index < -0.39 is 47.1 Å². The molecule has 10 heteroatoms. The topological polar surface area (TPSA) is 90.9 Å². The van der Waals surface area contributed by atoms with Crippen molar-refractivity contribution in [3.63, 3.8) is 0 Å². The Morgan fingerprint density at radius 1 is 1.00 bits per heavy atom. The monoisotopic (exact) mass is 405 g/mol. The van der Waals surface area contributed by atoms with Crippen molar-refractivity contribution in [2.45, 2.75) is 31.2 Å². The van der Waals surface area contributed by atoms with Crippen LogP contribution in [0.4, 0.5) is 13.2 Å². The molecule has 0 unspecified atom stereocenters. The van der Waals surface area contributed by atoms with Gasteiger partial charge in [0.25, 0.3) is 11.5 Å². The van der Waals surface area contributed by atoms with Gasteiger partial charge in [-0.15, -0.1) is 0 Å². The van der Waals surface area contributed by atoms with Crippen LogP contribution < -0.4 is 5.32 Å². The zero-order valence-electron chi connectivity index (χ0n) is 15.8. The summed E-state index contributed by atoms with van der Waals surface area (Å²) in [6, 6.07) is 4.76. The van der Waals surface area contributed by atoms with Crippen LogP contribution in [0.3, 0.4) is 0 Å². The van der Waals surface area contributed by atoms with E-state index in [1.165, 1.54) is 25.1 Å². The van der Waals surface area contributed by atoms with Crippen LogP contribution >= 0.6 is 0 Å². The zero-order chi connectivity index (χ0) is 21.5. The van der Waals surface area contributed by atoms with E-state index in [1.54, 1.807) is 0 Å². The van der Waals surface area contributed by atoms with Gasteiger partial charge in [0, 0.05) is 12.7 Å². The summed E-state index contributed by atoms with van der Waals surface area (Å²) < 4.78 is 55.5. The number of carbonyl (C=O) groups excluding carboxylic acids is 3. The minimum atomic E-state index is -5.14. The fraction of sp³-hybridized carbons (Fsp3) is 0.500. The van der Waals surface area contributed by atoms with E-state index in [9.17, 15) is 27.6 Å². The van der Waals surface area contributed by atoms with Crippen molar-refractivity contribution in [3.8, 4) is 0 Å². The molecule has 0 spiro atoms. The van der Waals surface area contributed by atoms with Gasteiger partial charge < -0.3 is 19.5 Å². The maximum atomic E-state index is 13.9. The summed E-state index contributed by atoms with van der Waals surface area (Å²) in [6.07, 6.45) is -5.46. The number of alkyl halides is 3. The van der Waals surface area contributed by atoms with Crippen molar-refractivity contribution in [3.05, 3.63) is 35.9 Å². The molecule has 1 aromatic carbocycles. The van der Waals surface area contributed by atoms with E-state index in [4.69, 9.17) is 0 Å². The fourth-order valence-electron chi connectivity index (χ4n) is 2.69. The van der Waals surface area contributed by atoms with Gasteiger partial charge in [-0.25, -0.2) is 4.79 Å². The normalized spacial score (nSPS) is 15.7. The van der Waals surface area contributed by atoms with Crippen molar-refractivity contribution in [1.29, 1.82) is 0 Å². The van der Waals surface area contributed by atoms with Gasteiger partial charge in [-0.3, -0.25) is 9.59 Å². The number of carbonyl (C=O) groups is 3. The predicted octanol–water partition coefficient (Wildman–Crippen LogP) is 1.95. The highest BCUT2D eigenvalue weighted by atomic mass is 19.4. The van der Waals surface area contributed by atoms with Crippen LogP contribution in [0.2, 0.25) is 0 Å². The van der Waals surface area contributed by atoms with Gasteiger partial charge in [0.15, 0.2) is 0 Å². The Hall–Kier alpha value is -2.62. The number of rotatable bonds is 8. The molecule has 0 saturated heterocycles. The Morgan fingerprint density at radius 3 is 1.96 bits per heavy atom. The molecule has 156 valence electrons. The van der Waals surface area contributed by atoms with Crippen LogP contribution in [0, 0.1) is 5.92 Å². The Kier molecular flexibility index (Phi) is 7.98. The van der Waals surface area contributed by atoms with Crippen LogP contribution in [-0.4, -0.2) is 51.4 Å². The molecule has 0 fully saturated rings. The Morgan fingerprint density at radius 2 is 1.54 bits per heavy atom. The first-order valence-electron chi connectivity index (χ1n) is 8.19. The minimum Gasteiger partial charge on any atom is -0.469 e. The quantitative estimate of drug-likeness (QED) is 0.665. The van der Waals surface area contributed by atoms with Crippen molar-refractivity contribution in [1.82, 2.24) is 5.32 Å². The lowest BCUT2D eigenvalue weighted by Crippen LogP contribution is -2.59. The first kappa shape index (κ1) is 23.4. The van der Waals surface area contributed by atoms with E-state index >= 15 is 0 Å². The molecule has 0 aliphatic heterocycles. The van der Waals surface area contributed by atoms with Crippen LogP contribution in [-0.2, 0) is 34.2 Å². The number of esters is 2. The first-order chi connectivity index (χ1) is 13.0. The molecule has 7 nitrogen and oxygen atoms in total. The molecule has 1 rings (SSSR count). The zero-order valence-corrected chi connectivity index (χ0v) is 15.8. The summed E-state index contributed by atoms with van der Waals surface area (Å²) in [7, 11) is 2.87. The van der Waals surface area contributed by atoms with Gasteiger partial charge in [-0.05, 0) is 6.42 Å². The number of halogens is 3. The van der Waals surface area contributed by atoms with Gasteiger partial charge in [0.1, 0.15) is 6.04 Å². The molecule has 0 radical (unpaired) electrons. The molecule has 1 N–H and O–H groups in total. The molecule has 0 aliphatic rings. The lowest BCUT2D eigenvalue weighted by Gasteiger charge is -2.34. The SMILES string of the molecule is COC(=O)[C@@H](C)C[C@@H](NC(=O)[C@@](OC)(c1ccccc1)C(F)(F)F)C(=O)OC. The average molecular weight is 405 g/mol. The number of hydrogen-bond donors (Lipinski definition) is 1. The minimum absolute atomic E-state index is 0.322. The van der Waals surface area contributed by atoms with E-state index in [0.717, 1.165) is 33.5 Å². The molecule has 1 aromatic rings. The maximum absolute atomic E-state index is 13.9. The highest BCUT2D eigenvalue weighted by molar-refractivity contribution is 5.91.